The first kappa shape index (κ1) is 14.6. The summed E-state index contributed by atoms with van der Waals surface area (Å²) in [4.78, 5) is 13.6. The molecule has 0 spiro atoms. The Labute approximate surface area is 120 Å². The van der Waals surface area contributed by atoms with Gasteiger partial charge in [0.2, 0.25) is 0 Å². The minimum absolute atomic E-state index is 0.179. The van der Waals surface area contributed by atoms with Crippen LogP contribution in [0.2, 0.25) is 0 Å². The zero-order chi connectivity index (χ0) is 14.2. The molecule has 0 amide bonds. The van der Waals surface area contributed by atoms with Crippen molar-refractivity contribution in [3.05, 3.63) is 35.9 Å². The van der Waals surface area contributed by atoms with Crippen LogP contribution in [0, 0.1) is 0 Å². The highest BCUT2D eigenvalue weighted by molar-refractivity contribution is 5.72. The second kappa shape index (κ2) is 7.70. The minimum atomic E-state index is -0.179. The van der Waals surface area contributed by atoms with Crippen LogP contribution in [0.15, 0.2) is 30.3 Å². The number of carbonyl (C=O) groups is 1. The SMILES string of the molecule is CCOC(=O)CC=Cc1ccc(N2CCNCC2)cc1. The first-order chi connectivity index (χ1) is 9.79. The van der Waals surface area contributed by atoms with Gasteiger partial charge >= 0.3 is 5.97 Å². The fourth-order valence-corrected chi connectivity index (χ4v) is 2.23. The number of anilines is 1. The molecule has 1 fully saturated rings. The molecule has 0 aromatic heterocycles. The molecule has 1 heterocycles. The summed E-state index contributed by atoms with van der Waals surface area (Å²) in [5.41, 5.74) is 2.36. The first-order valence-corrected chi connectivity index (χ1v) is 7.17. The van der Waals surface area contributed by atoms with E-state index in [2.05, 4.69) is 34.5 Å². The van der Waals surface area contributed by atoms with Crippen molar-refractivity contribution in [2.24, 2.45) is 0 Å². The lowest BCUT2D eigenvalue weighted by molar-refractivity contribution is -0.142. The summed E-state index contributed by atoms with van der Waals surface area (Å²) < 4.78 is 4.88. The monoisotopic (exact) mass is 274 g/mol. The molecule has 1 aliphatic rings. The van der Waals surface area contributed by atoms with Gasteiger partial charge in [0.05, 0.1) is 13.0 Å². The van der Waals surface area contributed by atoms with Crippen LogP contribution < -0.4 is 10.2 Å². The van der Waals surface area contributed by atoms with Gasteiger partial charge in [0.15, 0.2) is 0 Å². The average molecular weight is 274 g/mol. The summed E-state index contributed by atoms with van der Waals surface area (Å²) in [6.45, 7) is 6.45. The van der Waals surface area contributed by atoms with E-state index in [0.29, 0.717) is 13.0 Å². The summed E-state index contributed by atoms with van der Waals surface area (Å²) in [6.07, 6.45) is 4.13. The van der Waals surface area contributed by atoms with Crippen LogP contribution in [-0.4, -0.2) is 38.8 Å². The van der Waals surface area contributed by atoms with E-state index >= 15 is 0 Å². The van der Waals surface area contributed by atoms with Crippen molar-refractivity contribution in [3.8, 4) is 0 Å². The molecule has 0 bridgehead atoms. The van der Waals surface area contributed by atoms with Crippen LogP contribution in [0.4, 0.5) is 5.69 Å². The zero-order valence-corrected chi connectivity index (χ0v) is 12.0. The van der Waals surface area contributed by atoms with Crippen LogP contribution in [0.25, 0.3) is 6.08 Å². The highest BCUT2D eigenvalue weighted by atomic mass is 16.5. The molecule has 20 heavy (non-hydrogen) atoms. The van der Waals surface area contributed by atoms with E-state index in [0.717, 1.165) is 31.7 Å². The molecule has 1 saturated heterocycles. The molecule has 0 radical (unpaired) electrons. The number of benzene rings is 1. The van der Waals surface area contributed by atoms with Gasteiger partial charge in [0.25, 0.3) is 0 Å². The molecule has 2 rings (SSSR count). The van der Waals surface area contributed by atoms with E-state index in [1.165, 1.54) is 5.69 Å². The molecule has 1 N–H and O–H groups in total. The third-order valence-corrected chi connectivity index (χ3v) is 3.28. The molecule has 0 atom stereocenters. The number of esters is 1. The van der Waals surface area contributed by atoms with Gasteiger partial charge in [0.1, 0.15) is 0 Å². The van der Waals surface area contributed by atoms with Gasteiger partial charge in [-0.25, -0.2) is 0 Å². The quantitative estimate of drug-likeness (QED) is 0.835. The van der Waals surface area contributed by atoms with Crippen molar-refractivity contribution in [1.82, 2.24) is 5.32 Å². The van der Waals surface area contributed by atoms with E-state index in [9.17, 15) is 4.79 Å². The molecule has 108 valence electrons. The van der Waals surface area contributed by atoms with E-state index in [1.807, 2.05) is 19.1 Å². The normalized spacial score (nSPS) is 15.6. The Morgan fingerprint density at radius 3 is 2.65 bits per heavy atom. The van der Waals surface area contributed by atoms with E-state index in [4.69, 9.17) is 4.74 Å². The fourth-order valence-electron chi connectivity index (χ4n) is 2.23. The number of nitrogens with one attached hydrogen (secondary N) is 1. The lowest BCUT2D eigenvalue weighted by Crippen LogP contribution is -2.43. The molecule has 1 aromatic rings. The maximum atomic E-state index is 11.2. The van der Waals surface area contributed by atoms with Crippen molar-refractivity contribution < 1.29 is 9.53 Å². The predicted molar refractivity (Wildman–Crippen MR) is 81.8 cm³/mol. The van der Waals surface area contributed by atoms with Crippen LogP contribution in [0.5, 0.6) is 0 Å². The molecule has 4 nitrogen and oxygen atoms in total. The minimum Gasteiger partial charge on any atom is -0.466 e. The summed E-state index contributed by atoms with van der Waals surface area (Å²) in [5, 5.41) is 3.35. The number of hydrogen-bond acceptors (Lipinski definition) is 4. The van der Waals surface area contributed by atoms with E-state index < -0.39 is 0 Å². The Kier molecular flexibility index (Phi) is 5.62. The predicted octanol–water partition coefficient (Wildman–Crippen LogP) is 2.06. The molecule has 4 heteroatoms. The number of hydrogen-bond donors (Lipinski definition) is 1. The second-order valence-electron chi connectivity index (χ2n) is 4.74. The van der Waals surface area contributed by atoms with E-state index in [1.54, 1.807) is 0 Å². The molecule has 1 aromatic carbocycles. The van der Waals surface area contributed by atoms with Crippen molar-refractivity contribution >= 4 is 17.7 Å². The number of piperazine rings is 1. The number of carbonyl (C=O) groups excluding carboxylic acids is 1. The standard InChI is InChI=1S/C16H22N2O2/c1-2-20-16(19)5-3-4-14-6-8-15(9-7-14)18-12-10-17-11-13-18/h3-4,6-9,17H,2,5,10-13H2,1H3. The summed E-state index contributed by atoms with van der Waals surface area (Å²) in [6, 6.07) is 8.43. The van der Waals surface area contributed by atoms with Gasteiger partial charge < -0.3 is 15.0 Å². The topological polar surface area (TPSA) is 41.6 Å². The number of nitrogens with zero attached hydrogens (tertiary/aromatic N) is 1. The number of rotatable bonds is 5. The second-order valence-corrected chi connectivity index (χ2v) is 4.74. The Hall–Kier alpha value is -1.81. The van der Waals surface area contributed by atoms with Crippen molar-refractivity contribution in [1.29, 1.82) is 0 Å². The van der Waals surface area contributed by atoms with Gasteiger partial charge in [-0.15, -0.1) is 0 Å². The zero-order valence-electron chi connectivity index (χ0n) is 12.0. The maximum Gasteiger partial charge on any atom is 0.309 e. The highest BCUT2D eigenvalue weighted by Gasteiger charge is 2.09. The number of ether oxygens (including phenoxy) is 1. The molecular weight excluding hydrogens is 252 g/mol. The smallest absolute Gasteiger partial charge is 0.309 e. The molecule has 0 unspecified atom stereocenters. The van der Waals surface area contributed by atoms with Crippen molar-refractivity contribution in [2.75, 3.05) is 37.7 Å². The fraction of sp³-hybridized carbons (Fsp3) is 0.438. The lowest BCUT2D eigenvalue weighted by Gasteiger charge is -2.29. The first-order valence-electron chi connectivity index (χ1n) is 7.17. The third-order valence-electron chi connectivity index (χ3n) is 3.28. The van der Waals surface area contributed by atoms with Crippen LogP contribution in [-0.2, 0) is 9.53 Å². The lowest BCUT2D eigenvalue weighted by atomic mass is 10.1. The Balaban J connectivity index is 1.87. The van der Waals surface area contributed by atoms with Gasteiger partial charge in [-0.2, -0.15) is 0 Å². The summed E-state index contributed by atoms with van der Waals surface area (Å²) in [7, 11) is 0. The molecule has 0 saturated carbocycles. The Morgan fingerprint density at radius 2 is 2.00 bits per heavy atom. The van der Waals surface area contributed by atoms with Crippen LogP contribution in [0.1, 0.15) is 18.9 Å². The van der Waals surface area contributed by atoms with E-state index in [-0.39, 0.29) is 5.97 Å². The van der Waals surface area contributed by atoms with Gasteiger partial charge in [-0.1, -0.05) is 24.3 Å². The van der Waals surface area contributed by atoms with Gasteiger partial charge in [-0.3, -0.25) is 4.79 Å². The molecular formula is C16H22N2O2. The third kappa shape index (κ3) is 4.38. The Morgan fingerprint density at radius 1 is 1.30 bits per heavy atom. The Bertz CT molecular complexity index is 448. The summed E-state index contributed by atoms with van der Waals surface area (Å²) in [5.74, 6) is -0.179. The van der Waals surface area contributed by atoms with Crippen LogP contribution >= 0.6 is 0 Å². The average Bonchev–Trinajstić information content (AvgIpc) is 2.49. The van der Waals surface area contributed by atoms with Crippen LogP contribution in [0.3, 0.4) is 0 Å². The van der Waals surface area contributed by atoms with Crippen molar-refractivity contribution in [3.63, 3.8) is 0 Å². The molecule has 0 aliphatic carbocycles. The maximum absolute atomic E-state index is 11.2. The highest BCUT2D eigenvalue weighted by Crippen LogP contribution is 2.16. The summed E-state index contributed by atoms with van der Waals surface area (Å²) >= 11 is 0. The van der Waals surface area contributed by atoms with Gasteiger partial charge in [-0.05, 0) is 24.6 Å². The van der Waals surface area contributed by atoms with Crippen molar-refractivity contribution in [2.45, 2.75) is 13.3 Å². The largest absolute Gasteiger partial charge is 0.466 e. The van der Waals surface area contributed by atoms with Gasteiger partial charge in [0, 0.05) is 31.9 Å². The molecule has 1 aliphatic heterocycles.